The first-order chi connectivity index (χ1) is 22.0. The van der Waals surface area contributed by atoms with Crippen LogP contribution in [0.3, 0.4) is 0 Å². The molecule has 2 fully saturated rings. The Morgan fingerprint density at radius 3 is 2.52 bits per heavy atom. The Kier molecular flexibility index (Phi) is 11.2. The van der Waals surface area contributed by atoms with Crippen molar-refractivity contribution in [3.8, 4) is 17.8 Å². The maximum Gasteiger partial charge on any atom is 0.232 e. The van der Waals surface area contributed by atoms with Crippen LogP contribution in [-0.4, -0.2) is 85.3 Å². The summed E-state index contributed by atoms with van der Waals surface area (Å²) in [4.78, 5) is 0. The van der Waals surface area contributed by atoms with Crippen LogP contribution in [0.4, 0.5) is 0 Å². The number of fused-ring (bicyclic) bond motifs is 9. The molecule has 12 atom stereocenters. The van der Waals surface area contributed by atoms with E-state index < -0.39 is 53.9 Å². The highest BCUT2D eigenvalue weighted by Crippen LogP contribution is 2.53. The molecule has 2 bridgehead atoms. The van der Waals surface area contributed by atoms with E-state index >= 15 is 0 Å². The molecular formula is C37H52O9. The number of aliphatic hydroxyl groups excluding tert-OH is 4. The van der Waals surface area contributed by atoms with Crippen LogP contribution >= 0.6 is 0 Å². The second-order valence-corrected chi connectivity index (χ2v) is 14.3. The molecule has 0 spiro atoms. The fourth-order valence-corrected chi connectivity index (χ4v) is 8.22. The van der Waals surface area contributed by atoms with Crippen LogP contribution in [-0.2, 0) is 15.9 Å². The van der Waals surface area contributed by atoms with Gasteiger partial charge in [0.2, 0.25) is 6.29 Å². The minimum atomic E-state index is -2.16. The van der Waals surface area contributed by atoms with E-state index in [1.807, 2.05) is 18.2 Å². The average Bonchev–Trinajstić information content (AvgIpc) is 3.34. The number of allylic oxidation sites excluding steroid dienone is 2. The van der Waals surface area contributed by atoms with Gasteiger partial charge in [-0.05, 0) is 92.7 Å². The van der Waals surface area contributed by atoms with Crippen molar-refractivity contribution < 1.29 is 44.8 Å². The molecule has 0 radical (unpaired) electrons. The van der Waals surface area contributed by atoms with E-state index in [9.17, 15) is 30.6 Å². The molecule has 46 heavy (non-hydrogen) atoms. The third-order valence-corrected chi connectivity index (χ3v) is 10.7. The van der Waals surface area contributed by atoms with Gasteiger partial charge in [-0.15, -0.1) is 6.58 Å². The van der Waals surface area contributed by atoms with Gasteiger partial charge in [-0.1, -0.05) is 50.1 Å². The third-order valence-electron chi connectivity index (χ3n) is 10.7. The van der Waals surface area contributed by atoms with Crippen LogP contribution in [0.2, 0.25) is 0 Å². The molecule has 1 saturated heterocycles. The normalized spacial score (nSPS) is 40.6. The van der Waals surface area contributed by atoms with Crippen molar-refractivity contribution in [3.63, 3.8) is 0 Å². The SMILES string of the molecule is C=CCc1ccc(O[C@H]2O[C@H]3[C@@H](O)[C@H](O)[C@@]2(O)C[C@@H]([C@@H]2C=C[C@@H]4CC[C@H](CC(C)C)[C@@]4(O)C2)[C@@H](O)CC#CO[C@@H]3CCCO)cc1. The summed E-state index contributed by atoms with van der Waals surface area (Å²) in [5.41, 5.74) is -2.09. The topological polar surface area (TPSA) is 149 Å². The van der Waals surface area contributed by atoms with Gasteiger partial charge in [-0.2, -0.15) is 0 Å². The van der Waals surface area contributed by atoms with Crippen molar-refractivity contribution in [2.24, 2.45) is 29.6 Å². The molecule has 9 heteroatoms. The smallest absolute Gasteiger partial charge is 0.232 e. The van der Waals surface area contributed by atoms with E-state index in [0.717, 1.165) is 24.8 Å². The van der Waals surface area contributed by atoms with E-state index in [1.165, 1.54) is 0 Å². The van der Waals surface area contributed by atoms with Gasteiger partial charge >= 0.3 is 0 Å². The van der Waals surface area contributed by atoms with E-state index in [0.29, 0.717) is 30.9 Å². The number of hydrogen-bond acceptors (Lipinski definition) is 9. The summed E-state index contributed by atoms with van der Waals surface area (Å²) in [7, 11) is 0. The first-order valence-corrected chi connectivity index (χ1v) is 16.9. The Hall–Kier alpha value is -2.42. The third kappa shape index (κ3) is 7.19. The molecule has 9 nitrogen and oxygen atoms in total. The van der Waals surface area contributed by atoms with Crippen LogP contribution in [0.5, 0.6) is 5.75 Å². The van der Waals surface area contributed by atoms with Gasteiger partial charge in [0.05, 0.1) is 11.7 Å². The predicted molar refractivity (Wildman–Crippen MR) is 172 cm³/mol. The molecule has 5 aliphatic rings. The second kappa shape index (κ2) is 14.8. The lowest BCUT2D eigenvalue weighted by Gasteiger charge is -2.51. The zero-order valence-corrected chi connectivity index (χ0v) is 27.1. The zero-order chi connectivity index (χ0) is 33.1. The highest BCUT2D eigenvalue weighted by molar-refractivity contribution is 5.29. The summed E-state index contributed by atoms with van der Waals surface area (Å²) in [5, 5.41) is 68.8. The van der Waals surface area contributed by atoms with E-state index in [1.54, 1.807) is 18.2 Å². The summed E-state index contributed by atoms with van der Waals surface area (Å²) in [6.45, 7) is 7.97. The van der Waals surface area contributed by atoms with Gasteiger partial charge in [0.1, 0.15) is 36.3 Å². The monoisotopic (exact) mass is 640 g/mol. The number of aliphatic hydroxyl groups is 6. The van der Waals surface area contributed by atoms with Gasteiger partial charge < -0.3 is 44.8 Å². The molecular weight excluding hydrogens is 588 g/mol. The van der Waals surface area contributed by atoms with Crippen molar-refractivity contribution in [1.82, 2.24) is 0 Å². The maximum absolute atomic E-state index is 12.4. The fraction of sp³-hybridized carbons (Fsp3) is 0.676. The van der Waals surface area contributed by atoms with Crippen LogP contribution < -0.4 is 4.74 Å². The van der Waals surface area contributed by atoms with Crippen molar-refractivity contribution in [2.75, 3.05) is 6.61 Å². The molecule has 2 aliphatic carbocycles. The number of rotatable bonds is 10. The Morgan fingerprint density at radius 2 is 1.83 bits per heavy atom. The van der Waals surface area contributed by atoms with E-state index in [4.69, 9.17) is 14.2 Å². The number of hydrogen-bond donors (Lipinski definition) is 6. The molecule has 1 aromatic carbocycles. The minimum absolute atomic E-state index is 0.0225. The average molecular weight is 641 g/mol. The second-order valence-electron chi connectivity index (χ2n) is 14.3. The van der Waals surface area contributed by atoms with Gasteiger partial charge in [0, 0.05) is 18.9 Å². The van der Waals surface area contributed by atoms with Crippen molar-refractivity contribution in [3.05, 3.63) is 54.6 Å². The standard InChI is InChI=1S/C37H52O9/c1-4-7-24-10-16-28(17-11-24)45-35-37(43)22-29(25-12-13-26-14-15-27(20-23(2)3)36(26,42)21-25)30(39)8-6-19-44-31(9-5-18-38)33(46-35)32(40)34(37)41/h4,10-13,16-17,23,25-27,29-35,38-43H,1,5,7-9,14-15,18,20-22H2,2-3H3/t25-,26-,27-,29+,30+,31-,32-,33-,34+,35+,36-,37+/m1/s1. The number of benzene rings is 1. The highest BCUT2D eigenvalue weighted by Gasteiger charge is 2.60. The molecule has 1 aromatic rings. The zero-order valence-electron chi connectivity index (χ0n) is 27.1. The van der Waals surface area contributed by atoms with E-state index in [-0.39, 0.29) is 43.6 Å². The summed E-state index contributed by atoms with van der Waals surface area (Å²) in [5.74, 6) is 2.82. The quantitative estimate of drug-likeness (QED) is 0.167. The number of ether oxygens (including phenoxy) is 3. The molecule has 3 aliphatic heterocycles. The first kappa shape index (κ1) is 34.9. The lowest BCUT2D eigenvalue weighted by Crippen LogP contribution is -2.70. The van der Waals surface area contributed by atoms with Crippen molar-refractivity contribution in [1.29, 1.82) is 0 Å². The van der Waals surface area contributed by atoms with E-state index in [2.05, 4.69) is 38.5 Å². The summed E-state index contributed by atoms with van der Waals surface area (Å²) < 4.78 is 18.4. The predicted octanol–water partition coefficient (Wildman–Crippen LogP) is 3.24. The summed E-state index contributed by atoms with van der Waals surface area (Å²) in [6.07, 6.45) is 4.95. The molecule has 3 heterocycles. The Morgan fingerprint density at radius 1 is 1.07 bits per heavy atom. The molecule has 0 unspecified atom stereocenters. The van der Waals surface area contributed by atoms with Crippen molar-refractivity contribution >= 4 is 0 Å². The lowest BCUT2D eigenvalue weighted by molar-refractivity contribution is -0.334. The maximum atomic E-state index is 12.4. The first-order valence-electron chi connectivity index (χ1n) is 16.9. The van der Waals surface area contributed by atoms with Crippen molar-refractivity contribution in [2.45, 2.75) is 120 Å². The van der Waals surface area contributed by atoms with Crippen LogP contribution in [0.15, 0.2) is 49.1 Å². The Balaban J connectivity index is 1.51. The summed E-state index contributed by atoms with van der Waals surface area (Å²) in [6, 6.07) is 7.22. The van der Waals surface area contributed by atoms with Gasteiger partial charge in [-0.25, -0.2) is 0 Å². The Labute approximate surface area is 272 Å². The van der Waals surface area contributed by atoms with Crippen LogP contribution in [0, 0.1) is 41.6 Å². The van der Waals surface area contributed by atoms with Gasteiger partial charge in [0.25, 0.3) is 0 Å². The molecule has 1 saturated carbocycles. The molecule has 6 N–H and O–H groups in total. The molecule has 6 rings (SSSR count). The highest BCUT2D eigenvalue weighted by atomic mass is 16.7. The minimum Gasteiger partial charge on any atom is -0.462 e. The van der Waals surface area contributed by atoms with Crippen LogP contribution in [0.25, 0.3) is 0 Å². The molecule has 0 aromatic heterocycles. The Bertz CT molecular complexity index is 1250. The largest absolute Gasteiger partial charge is 0.462 e. The van der Waals surface area contributed by atoms with Gasteiger partial charge in [0.15, 0.2) is 5.60 Å². The lowest BCUT2D eigenvalue weighted by atomic mass is 9.65. The molecule has 0 amide bonds. The fourth-order valence-electron chi connectivity index (χ4n) is 8.22. The van der Waals surface area contributed by atoms with Gasteiger partial charge in [-0.3, -0.25) is 0 Å². The molecule has 254 valence electrons. The van der Waals surface area contributed by atoms with Crippen LogP contribution in [0.1, 0.15) is 70.8 Å². The summed E-state index contributed by atoms with van der Waals surface area (Å²) >= 11 is 0.